The fourth-order valence-electron chi connectivity index (χ4n) is 1.22. The lowest BCUT2D eigenvalue weighted by atomic mass is 10.2. The van der Waals surface area contributed by atoms with E-state index in [-0.39, 0.29) is 6.10 Å². The largest absolute Gasteiger partial charge is 0.393 e. The quantitative estimate of drug-likeness (QED) is 0.762. The van der Waals surface area contributed by atoms with Crippen molar-refractivity contribution in [2.45, 2.75) is 45.8 Å². The molecule has 1 aromatic rings. The van der Waals surface area contributed by atoms with Gasteiger partial charge in [-0.25, -0.2) is 9.67 Å². The number of aromatic nitrogens is 3. The second-order valence-electron chi connectivity index (χ2n) is 3.60. The van der Waals surface area contributed by atoms with Gasteiger partial charge in [-0.15, -0.1) is 0 Å². The normalized spacial score (nSPS) is 13.6. The highest BCUT2D eigenvalue weighted by Gasteiger charge is 2.07. The van der Waals surface area contributed by atoms with Gasteiger partial charge in [0.2, 0.25) is 0 Å². The first kappa shape index (κ1) is 10.2. The number of nitrogens with zero attached hydrogens (tertiary/aromatic N) is 3. The Balaban J connectivity index is 2.60. The molecule has 0 amide bonds. The molecule has 1 N–H and O–H groups in total. The molecular weight excluding hydrogens is 166 g/mol. The molecule has 0 aliphatic rings. The summed E-state index contributed by atoms with van der Waals surface area (Å²) in [7, 11) is 0. The van der Waals surface area contributed by atoms with E-state index in [2.05, 4.69) is 23.9 Å². The first-order chi connectivity index (χ1) is 6.11. The van der Waals surface area contributed by atoms with Gasteiger partial charge in [-0.2, -0.15) is 5.10 Å². The predicted molar refractivity (Wildman–Crippen MR) is 50.4 cm³/mol. The number of hydrogen-bond acceptors (Lipinski definition) is 3. The molecule has 1 heterocycles. The fraction of sp³-hybridized carbons (Fsp3) is 0.778. The monoisotopic (exact) mass is 183 g/mol. The molecule has 1 atom stereocenters. The van der Waals surface area contributed by atoms with Gasteiger partial charge in [0.15, 0.2) is 0 Å². The molecule has 1 aromatic heterocycles. The number of aryl methyl sites for hydroxylation is 1. The van der Waals surface area contributed by atoms with Gasteiger partial charge >= 0.3 is 0 Å². The van der Waals surface area contributed by atoms with Gasteiger partial charge in [0.1, 0.15) is 12.2 Å². The van der Waals surface area contributed by atoms with Gasteiger partial charge in [0.05, 0.1) is 6.10 Å². The second kappa shape index (κ2) is 4.37. The Kier molecular flexibility index (Phi) is 3.42. The summed E-state index contributed by atoms with van der Waals surface area (Å²) in [6.07, 6.45) is 2.83. The third kappa shape index (κ3) is 2.81. The van der Waals surface area contributed by atoms with Crippen molar-refractivity contribution < 1.29 is 5.11 Å². The lowest BCUT2D eigenvalue weighted by Crippen LogP contribution is -2.10. The van der Waals surface area contributed by atoms with Crippen LogP contribution in [0.15, 0.2) is 6.33 Å². The minimum absolute atomic E-state index is 0.266. The highest BCUT2D eigenvalue weighted by Crippen LogP contribution is 2.07. The minimum atomic E-state index is -0.266. The molecule has 0 saturated carbocycles. The summed E-state index contributed by atoms with van der Waals surface area (Å²) >= 11 is 0. The van der Waals surface area contributed by atoms with Crippen molar-refractivity contribution in [1.82, 2.24) is 14.8 Å². The Bertz CT molecular complexity index is 255. The number of rotatable bonds is 4. The van der Waals surface area contributed by atoms with Crippen molar-refractivity contribution in [2.24, 2.45) is 0 Å². The third-order valence-corrected chi connectivity index (χ3v) is 1.92. The fourth-order valence-corrected chi connectivity index (χ4v) is 1.22. The maximum absolute atomic E-state index is 9.12. The Morgan fingerprint density at radius 1 is 1.46 bits per heavy atom. The maximum Gasteiger partial charge on any atom is 0.138 e. The average Bonchev–Trinajstić information content (AvgIpc) is 2.47. The summed E-state index contributed by atoms with van der Waals surface area (Å²) in [5, 5.41) is 13.2. The molecule has 0 radical (unpaired) electrons. The molecule has 1 unspecified atom stereocenters. The Labute approximate surface area is 78.6 Å². The Morgan fingerprint density at radius 2 is 2.15 bits per heavy atom. The zero-order valence-corrected chi connectivity index (χ0v) is 8.44. The van der Waals surface area contributed by atoms with Crippen LogP contribution in [0.3, 0.4) is 0 Å². The van der Waals surface area contributed by atoms with Gasteiger partial charge in [-0.05, 0) is 27.2 Å². The van der Waals surface area contributed by atoms with Crippen LogP contribution in [0.5, 0.6) is 0 Å². The van der Waals surface area contributed by atoms with Crippen molar-refractivity contribution in [2.75, 3.05) is 0 Å². The molecule has 4 nitrogen and oxygen atoms in total. The molecule has 1 rings (SSSR count). The standard InChI is InChI=1S/C9H17N3O/c1-7(2)12-9(10-6-11-12)5-4-8(3)13/h6-8,13H,4-5H2,1-3H3. The molecule has 74 valence electrons. The van der Waals surface area contributed by atoms with E-state index in [1.807, 2.05) is 4.68 Å². The highest BCUT2D eigenvalue weighted by atomic mass is 16.3. The molecular formula is C9H17N3O. The molecule has 0 aromatic carbocycles. The SMILES string of the molecule is CC(O)CCc1ncnn1C(C)C. The summed E-state index contributed by atoms with van der Waals surface area (Å²) in [4.78, 5) is 4.15. The zero-order chi connectivity index (χ0) is 9.84. The summed E-state index contributed by atoms with van der Waals surface area (Å²) in [6, 6.07) is 0.339. The van der Waals surface area contributed by atoms with E-state index in [1.54, 1.807) is 13.3 Å². The molecule has 13 heavy (non-hydrogen) atoms. The Hall–Kier alpha value is -0.900. The number of aliphatic hydroxyl groups excluding tert-OH is 1. The smallest absolute Gasteiger partial charge is 0.138 e. The van der Waals surface area contributed by atoms with Crippen LogP contribution in [0.1, 0.15) is 39.1 Å². The predicted octanol–water partition coefficient (Wildman–Crippen LogP) is 1.17. The maximum atomic E-state index is 9.12. The molecule has 0 fully saturated rings. The summed E-state index contributed by atoms with van der Waals surface area (Å²) < 4.78 is 1.89. The molecule has 0 aliphatic heterocycles. The van der Waals surface area contributed by atoms with E-state index >= 15 is 0 Å². The molecule has 4 heteroatoms. The molecule has 0 saturated heterocycles. The van der Waals surface area contributed by atoms with Gasteiger partial charge < -0.3 is 5.11 Å². The van der Waals surface area contributed by atoms with Crippen LogP contribution in [0.4, 0.5) is 0 Å². The van der Waals surface area contributed by atoms with Crippen LogP contribution in [0.2, 0.25) is 0 Å². The summed E-state index contributed by atoms with van der Waals surface area (Å²) in [5.41, 5.74) is 0. The summed E-state index contributed by atoms with van der Waals surface area (Å²) in [5.74, 6) is 0.955. The van der Waals surface area contributed by atoms with E-state index < -0.39 is 0 Å². The van der Waals surface area contributed by atoms with Crippen molar-refractivity contribution in [3.63, 3.8) is 0 Å². The lowest BCUT2D eigenvalue weighted by molar-refractivity contribution is 0.183. The van der Waals surface area contributed by atoms with Gasteiger partial charge in [-0.1, -0.05) is 0 Å². The lowest BCUT2D eigenvalue weighted by Gasteiger charge is -2.09. The van der Waals surface area contributed by atoms with Crippen LogP contribution >= 0.6 is 0 Å². The number of aliphatic hydroxyl groups is 1. The first-order valence-electron chi connectivity index (χ1n) is 4.67. The second-order valence-corrected chi connectivity index (χ2v) is 3.60. The zero-order valence-electron chi connectivity index (χ0n) is 8.44. The van der Waals surface area contributed by atoms with Gasteiger partial charge in [0, 0.05) is 12.5 Å². The van der Waals surface area contributed by atoms with E-state index in [4.69, 9.17) is 5.11 Å². The molecule has 0 bridgehead atoms. The third-order valence-electron chi connectivity index (χ3n) is 1.92. The first-order valence-corrected chi connectivity index (χ1v) is 4.67. The summed E-state index contributed by atoms with van der Waals surface area (Å²) in [6.45, 7) is 5.93. The van der Waals surface area contributed by atoms with E-state index in [1.165, 1.54) is 0 Å². The van der Waals surface area contributed by atoms with Crippen molar-refractivity contribution in [1.29, 1.82) is 0 Å². The van der Waals surface area contributed by atoms with Crippen LogP contribution < -0.4 is 0 Å². The highest BCUT2D eigenvalue weighted by molar-refractivity contribution is 4.86. The van der Waals surface area contributed by atoms with Gasteiger partial charge in [-0.3, -0.25) is 0 Å². The van der Waals surface area contributed by atoms with Crippen molar-refractivity contribution in [3.8, 4) is 0 Å². The molecule has 0 aliphatic carbocycles. The minimum Gasteiger partial charge on any atom is -0.393 e. The van der Waals surface area contributed by atoms with E-state index in [0.29, 0.717) is 6.04 Å². The number of hydrogen-bond donors (Lipinski definition) is 1. The van der Waals surface area contributed by atoms with Crippen LogP contribution in [-0.4, -0.2) is 26.0 Å². The topological polar surface area (TPSA) is 50.9 Å². The van der Waals surface area contributed by atoms with Crippen molar-refractivity contribution >= 4 is 0 Å². The van der Waals surface area contributed by atoms with Crippen LogP contribution in [-0.2, 0) is 6.42 Å². The van der Waals surface area contributed by atoms with Crippen LogP contribution in [0.25, 0.3) is 0 Å². The molecule has 0 spiro atoms. The average molecular weight is 183 g/mol. The Morgan fingerprint density at radius 3 is 2.69 bits per heavy atom. The van der Waals surface area contributed by atoms with E-state index in [9.17, 15) is 0 Å². The van der Waals surface area contributed by atoms with Crippen LogP contribution in [0, 0.1) is 0 Å². The van der Waals surface area contributed by atoms with Gasteiger partial charge in [0.25, 0.3) is 0 Å². The van der Waals surface area contributed by atoms with E-state index in [0.717, 1.165) is 18.7 Å². The van der Waals surface area contributed by atoms with Crippen molar-refractivity contribution in [3.05, 3.63) is 12.2 Å².